The molecule has 0 saturated carbocycles. The maximum absolute atomic E-state index is 13.7. The van der Waals surface area contributed by atoms with Crippen molar-refractivity contribution in [1.29, 1.82) is 0 Å². The van der Waals surface area contributed by atoms with Gasteiger partial charge >= 0.3 is 12.1 Å². The number of amides is 2. The average Bonchev–Trinajstić information content (AvgIpc) is 3.75. The Labute approximate surface area is 305 Å². The third kappa shape index (κ3) is 6.83. The van der Waals surface area contributed by atoms with Crippen molar-refractivity contribution in [3.05, 3.63) is 103 Å². The van der Waals surface area contributed by atoms with Crippen LogP contribution in [0, 0.1) is 32.1 Å². The number of aromatic nitrogens is 2. The Kier molecular flexibility index (Phi) is 10.3. The molecule has 52 heavy (non-hydrogen) atoms. The Bertz CT molecular complexity index is 2090. The van der Waals surface area contributed by atoms with Crippen molar-refractivity contribution in [2.75, 3.05) is 19.8 Å². The number of likely N-dealkylation sites (N-methyl/N-ethyl adjacent to an activating group) is 1. The van der Waals surface area contributed by atoms with E-state index in [0.717, 1.165) is 14.7 Å². The Balaban J connectivity index is 1.19. The van der Waals surface area contributed by atoms with Crippen LogP contribution in [0.5, 0.6) is 0 Å². The molecule has 4 atom stereocenters. The summed E-state index contributed by atoms with van der Waals surface area (Å²) in [6.45, 7) is 4.07. The maximum Gasteiger partial charge on any atom is 0.409 e. The summed E-state index contributed by atoms with van der Waals surface area (Å²) in [5.41, 5.74) is 1.79. The molecule has 2 amide bonds. The molecule has 16 nitrogen and oxygen atoms in total. The quantitative estimate of drug-likeness (QED) is 0.0509. The van der Waals surface area contributed by atoms with Gasteiger partial charge in [-0.3, -0.25) is 25.0 Å². The summed E-state index contributed by atoms with van der Waals surface area (Å²) in [5.74, 6) is -2.03. The second-order valence-corrected chi connectivity index (χ2v) is 14.4. The first-order chi connectivity index (χ1) is 24.8. The highest BCUT2D eigenvalue weighted by Gasteiger charge is 2.60. The van der Waals surface area contributed by atoms with Crippen LogP contribution in [0.25, 0.3) is 10.4 Å². The van der Waals surface area contributed by atoms with Crippen LogP contribution < -0.4 is 4.57 Å². The third-order valence-corrected chi connectivity index (χ3v) is 11.3. The van der Waals surface area contributed by atoms with Gasteiger partial charge in [0.25, 0.3) is 17.7 Å². The normalized spacial score (nSPS) is 18.6. The number of thioether (sulfide) groups is 1. The SMILES string of the molecule is CSc1c2sc(C3=C(C(=O)OCc4ccc([N+](=O)[O-])cc4)N4C(=O)[C@H]([C@@H](C)O)[C@H]4[C@H]3C)cn2c[n+]1CCN(C)C(=O)OCc1ccc([N+](=O)[O-])cc1. The molecule has 2 aliphatic heterocycles. The number of carbonyl (C=O) groups is 3. The number of imidazole rings is 1. The number of β-lactam (4-membered cyclic amide) rings is 1. The molecule has 2 aromatic carbocycles. The Morgan fingerprint density at radius 2 is 1.62 bits per heavy atom. The number of thiazole rings is 1. The zero-order valence-electron chi connectivity index (χ0n) is 28.5. The van der Waals surface area contributed by atoms with E-state index in [0.29, 0.717) is 29.8 Å². The minimum absolute atomic E-state index is 0.0300. The average molecular weight is 752 g/mol. The van der Waals surface area contributed by atoms with Crippen LogP contribution in [0.1, 0.15) is 29.9 Å². The third-order valence-electron chi connectivity index (χ3n) is 9.24. The van der Waals surface area contributed by atoms with Crippen LogP contribution in [0.15, 0.2) is 71.8 Å². The number of hydrogen-bond donors (Lipinski definition) is 1. The first-order valence-electron chi connectivity index (χ1n) is 16.2. The summed E-state index contributed by atoms with van der Waals surface area (Å²) in [5, 5.41) is 33.2. The number of nitro groups is 2. The number of aliphatic hydroxyl groups excluding tert-OH is 1. The lowest BCUT2D eigenvalue weighted by atomic mass is 9.77. The summed E-state index contributed by atoms with van der Waals surface area (Å²) in [6, 6.07) is 11.0. The molecule has 0 radical (unpaired) electrons. The lowest BCUT2D eigenvalue weighted by Gasteiger charge is -2.46. The highest BCUT2D eigenvalue weighted by Crippen LogP contribution is 2.52. The summed E-state index contributed by atoms with van der Waals surface area (Å²) >= 11 is 2.96. The van der Waals surface area contributed by atoms with E-state index in [1.165, 1.54) is 81.4 Å². The summed E-state index contributed by atoms with van der Waals surface area (Å²) in [4.78, 5) is 65.1. The van der Waals surface area contributed by atoms with Gasteiger partial charge < -0.3 is 24.4 Å². The summed E-state index contributed by atoms with van der Waals surface area (Å²) in [7, 11) is 1.62. The van der Waals surface area contributed by atoms with Crippen molar-refractivity contribution < 1.29 is 43.4 Å². The van der Waals surface area contributed by atoms with Crippen LogP contribution >= 0.6 is 23.1 Å². The van der Waals surface area contributed by atoms with E-state index in [2.05, 4.69) is 0 Å². The van der Waals surface area contributed by atoms with Gasteiger partial charge in [-0.05, 0) is 48.6 Å². The molecule has 4 aromatic rings. The van der Waals surface area contributed by atoms with Gasteiger partial charge in [-0.2, -0.15) is 4.40 Å². The van der Waals surface area contributed by atoms with Gasteiger partial charge in [0.15, 0.2) is 0 Å². The summed E-state index contributed by atoms with van der Waals surface area (Å²) < 4.78 is 15.0. The van der Waals surface area contributed by atoms with Crippen molar-refractivity contribution in [2.24, 2.45) is 11.8 Å². The monoisotopic (exact) mass is 751 g/mol. The molecule has 0 bridgehead atoms. The Morgan fingerprint density at radius 1 is 1.04 bits per heavy atom. The highest BCUT2D eigenvalue weighted by atomic mass is 32.2. The van der Waals surface area contributed by atoms with E-state index >= 15 is 0 Å². The first-order valence-corrected chi connectivity index (χ1v) is 18.2. The number of aliphatic hydroxyl groups is 1. The molecular weight excluding hydrogens is 717 g/mol. The van der Waals surface area contributed by atoms with Crippen LogP contribution in [-0.4, -0.2) is 79.1 Å². The Hall–Kier alpha value is -5.33. The number of fused-ring (bicyclic) bond motifs is 2. The number of nitro benzene ring substituents is 2. The van der Waals surface area contributed by atoms with Crippen molar-refractivity contribution in [3.8, 4) is 0 Å². The fourth-order valence-electron chi connectivity index (χ4n) is 6.55. The van der Waals surface area contributed by atoms with Gasteiger partial charge in [0.1, 0.15) is 31.7 Å². The van der Waals surface area contributed by atoms with E-state index in [9.17, 15) is 39.7 Å². The summed E-state index contributed by atoms with van der Waals surface area (Å²) in [6.07, 6.45) is 4.26. The number of benzene rings is 2. The fraction of sp³-hybridized carbons (Fsp3) is 0.353. The minimum Gasteiger partial charge on any atom is -0.456 e. The Morgan fingerprint density at radius 3 is 2.15 bits per heavy atom. The first kappa shape index (κ1) is 36.5. The smallest absolute Gasteiger partial charge is 0.409 e. The molecule has 4 heterocycles. The van der Waals surface area contributed by atoms with E-state index in [4.69, 9.17) is 9.47 Å². The number of hydrogen-bond acceptors (Lipinski definition) is 12. The van der Waals surface area contributed by atoms with E-state index in [1.54, 1.807) is 14.0 Å². The molecule has 0 spiro atoms. The largest absolute Gasteiger partial charge is 0.456 e. The van der Waals surface area contributed by atoms with Crippen molar-refractivity contribution in [1.82, 2.24) is 14.2 Å². The van der Waals surface area contributed by atoms with Crippen LogP contribution in [0.2, 0.25) is 0 Å². The maximum atomic E-state index is 13.7. The zero-order chi connectivity index (χ0) is 37.4. The number of rotatable bonds is 13. The molecular formula is C34H35N6O10S2+. The number of ether oxygens (including phenoxy) is 2. The van der Waals surface area contributed by atoms with Crippen LogP contribution in [-0.2, 0) is 38.8 Å². The second kappa shape index (κ2) is 14.7. The van der Waals surface area contributed by atoms with Gasteiger partial charge in [-0.25, -0.2) is 14.2 Å². The van der Waals surface area contributed by atoms with Crippen molar-refractivity contribution in [2.45, 2.75) is 50.8 Å². The molecule has 0 unspecified atom stereocenters. The predicted octanol–water partition coefficient (Wildman–Crippen LogP) is 4.41. The predicted molar refractivity (Wildman–Crippen MR) is 188 cm³/mol. The zero-order valence-corrected chi connectivity index (χ0v) is 30.2. The minimum atomic E-state index is -0.910. The van der Waals surface area contributed by atoms with Gasteiger partial charge in [0, 0.05) is 42.8 Å². The molecule has 18 heteroatoms. The van der Waals surface area contributed by atoms with Crippen LogP contribution in [0.3, 0.4) is 0 Å². The lowest BCUT2D eigenvalue weighted by Crippen LogP contribution is -2.63. The number of esters is 1. The number of non-ortho nitro benzene ring substituents is 2. The highest BCUT2D eigenvalue weighted by molar-refractivity contribution is 7.98. The standard InChI is InChI=1S/C34H35N6O10S2/c1-19-26(29(38-28(19)27(20(2)41)30(38)42)33(43)49-16-21-5-9-23(10-6-21)39(45)46)25-15-37-18-36(31(51-4)32(37)52-25)14-13-35(3)34(44)50-17-22-7-11-24(12-8-22)40(47)48/h5-12,15,18-20,27-28,41H,13-14,16-17H2,1-4H3/q+1/t19-,20+,27+,28+/m0/s1. The van der Waals surface area contributed by atoms with Gasteiger partial charge in [-0.15, -0.1) is 0 Å². The van der Waals surface area contributed by atoms with E-state index in [-0.39, 0.29) is 42.1 Å². The molecule has 6 rings (SSSR count). The molecule has 1 saturated heterocycles. The second-order valence-electron chi connectivity index (χ2n) is 12.5. The van der Waals surface area contributed by atoms with Gasteiger partial charge in [0.2, 0.25) is 15.8 Å². The molecule has 2 aliphatic rings. The molecule has 0 aliphatic carbocycles. The molecule has 2 aromatic heterocycles. The van der Waals surface area contributed by atoms with Crippen molar-refractivity contribution >= 4 is 62.8 Å². The lowest BCUT2D eigenvalue weighted by molar-refractivity contribution is -0.729. The van der Waals surface area contributed by atoms with Crippen LogP contribution in [0.4, 0.5) is 16.2 Å². The molecule has 272 valence electrons. The fourth-order valence-corrected chi connectivity index (χ4v) is 8.76. The van der Waals surface area contributed by atoms with E-state index < -0.39 is 40.0 Å². The molecule has 1 fully saturated rings. The number of nitrogens with zero attached hydrogens (tertiary/aromatic N) is 6. The number of carbonyl (C=O) groups excluding carboxylic acids is 3. The van der Waals surface area contributed by atoms with Gasteiger partial charge in [0.05, 0.1) is 39.3 Å². The topological polar surface area (TPSA) is 191 Å². The van der Waals surface area contributed by atoms with E-state index in [1.807, 2.05) is 34.7 Å². The van der Waals surface area contributed by atoms with Crippen molar-refractivity contribution in [3.63, 3.8) is 0 Å². The van der Waals surface area contributed by atoms with Gasteiger partial charge in [-0.1, -0.05) is 30.0 Å². The molecule has 1 N–H and O–H groups in total.